The molecule has 0 saturated heterocycles. The average Bonchev–Trinajstić information content (AvgIpc) is 2.72. The molecule has 0 aliphatic heterocycles. The highest BCUT2D eigenvalue weighted by molar-refractivity contribution is 5.91. The maximum absolute atomic E-state index is 11.8. The number of hydrogen-bond donors (Lipinski definition) is 3. The molecule has 1 heterocycles. The van der Waals surface area contributed by atoms with Crippen LogP contribution in [0.15, 0.2) is 16.9 Å². The van der Waals surface area contributed by atoms with E-state index in [-0.39, 0.29) is 17.5 Å². The Morgan fingerprint density at radius 1 is 1.23 bits per heavy atom. The molecule has 7 heteroatoms. The SMILES string of the molecule is O=C(COC(=O)c1cc(O)[nH]c(=O)c1)NC1CCCCCC1. The highest BCUT2D eigenvalue weighted by atomic mass is 16.5. The second kappa shape index (κ2) is 7.63. The first kappa shape index (κ1) is 16.1. The summed E-state index contributed by atoms with van der Waals surface area (Å²) >= 11 is 0. The number of amides is 1. The summed E-state index contributed by atoms with van der Waals surface area (Å²) in [5.74, 6) is -1.60. The van der Waals surface area contributed by atoms with Crippen molar-refractivity contribution in [2.45, 2.75) is 44.6 Å². The first-order chi connectivity index (χ1) is 10.5. The Hall–Kier alpha value is -2.31. The molecule has 0 spiro atoms. The number of aromatic amines is 1. The molecule has 2 rings (SSSR count). The quantitative estimate of drug-likeness (QED) is 0.569. The van der Waals surface area contributed by atoms with E-state index in [2.05, 4.69) is 10.3 Å². The minimum absolute atomic E-state index is 0.0940. The molecule has 1 aromatic rings. The van der Waals surface area contributed by atoms with Gasteiger partial charge in [-0.15, -0.1) is 0 Å². The maximum Gasteiger partial charge on any atom is 0.339 e. The van der Waals surface area contributed by atoms with E-state index in [0.29, 0.717) is 0 Å². The summed E-state index contributed by atoms with van der Waals surface area (Å²) in [4.78, 5) is 36.8. The second-order valence-electron chi connectivity index (χ2n) is 5.45. The molecule has 0 aromatic carbocycles. The van der Waals surface area contributed by atoms with Crippen LogP contribution >= 0.6 is 0 Å². The number of carbonyl (C=O) groups excluding carboxylic acids is 2. The monoisotopic (exact) mass is 308 g/mol. The van der Waals surface area contributed by atoms with E-state index >= 15 is 0 Å². The number of aromatic nitrogens is 1. The molecule has 1 aliphatic rings. The molecule has 0 bridgehead atoms. The van der Waals surface area contributed by atoms with Crippen LogP contribution in [0.2, 0.25) is 0 Å². The minimum atomic E-state index is -0.822. The van der Waals surface area contributed by atoms with Gasteiger partial charge in [0.2, 0.25) is 0 Å². The number of nitrogens with one attached hydrogen (secondary N) is 2. The summed E-state index contributed by atoms with van der Waals surface area (Å²) in [6.45, 7) is -0.400. The Morgan fingerprint density at radius 2 is 1.91 bits per heavy atom. The van der Waals surface area contributed by atoms with Crippen LogP contribution in [0.4, 0.5) is 0 Å². The molecule has 22 heavy (non-hydrogen) atoms. The topological polar surface area (TPSA) is 108 Å². The molecule has 1 aliphatic carbocycles. The first-order valence-electron chi connectivity index (χ1n) is 7.44. The molecule has 3 N–H and O–H groups in total. The summed E-state index contributed by atoms with van der Waals surface area (Å²) in [7, 11) is 0. The van der Waals surface area contributed by atoms with Crippen molar-refractivity contribution in [3.63, 3.8) is 0 Å². The zero-order valence-electron chi connectivity index (χ0n) is 12.3. The van der Waals surface area contributed by atoms with Crippen molar-refractivity contribution in [2.24, 2.45) is 0 Å². The van der Waals surface area contributed by atoms with Gasteiger partial charge in [-0.25, -0.2) is 4.79 Å². The van der Waals surface area contributed by atoms with Gasteiger partial charge in [0.1, 0.15) is 0 Å². The zero-order valence-corrected chi connectivity index (χ0v) is 12.3. The Morgan fingerprint density at radius 3 is 2.55 bits per heavy atom. The van der Waals surface area contributed by atoms with Crippen molar-refractivity contribution >= 4 is 11.9 Å². The van der Waals surface area contributed by atoms with Gasteiger partial charge in [-0.05, 0) is 12.8 Å². The molecule has 0 unspecified atom stereocenters. The number of esters is 1. The van der Waals surface area contributed by atoms with E-state index in [1.54, 1.807) is 0 Å². The Kier molecular flexibility index (Phi) is 5.57. The third-order valence-corrected chi connectivity index (χ3v) is 3.62. The van der Waals surface area contributed by atoms with E-state index < -0.39 is 24.0 Å². The number of carbonyl (C=O) groups is 2. The summed E-state index contributed by atoms with van der Waals surface area (Å²) in [6.07, 6.45) is 6.46. The molecule has 120 valence electrons. The van der Waals surface area contributed by atoms with Crippen LogP contribution in [0.5, 0.6) is 5.88 Å². The standard InChI is InChI=1S/C15H20N2O5/c18-12-7-10(8-13(19)17-12)15(21)22-9-14(20)16-11-5-3-1-2-4-6-11/h7-8,11H,1-6,9H2,(H,16,20)(H2,17,18,19). The second-order valence-corrected chi connectivity index (χ2v) is 5.45. The fourth-order valence-electron chi connectivity index (χ4n) is 2.55. The van der Waals surface area contributed by atoms with Gasteiger partial charge in [-0.3, -0.25) is 14.6 Å². The van der Waals surface area contributed by atoms with Gasteiger partial charge < -0.3 is 15.2 Å². The molecule has 1 saturated carbocycles. The smallest absolute Gasteiger partial charge is 0.339 e. The van der Waals surface area contributed by atoms with Gasteiger partial charge >= 0.3 is 5.97 Å². The molecule has 1 fully saturated rings. The predicted molar refractivity (Wildman–Crippen MR) is 78.6 cm³/mol. The van der Waals surface area contributed by atoms with Crippen molar-refractivity contribution in [2.75, 3.05) is 6.61 Å². The summed E-state index contributed by atoms with van der Waals surface area (Å²) in [5, 5.41) is 12.1. The van der Waals surface area contributed by atoms with Crippen molar-refractivity contribution in [1.82, 2.24) is 10.3 Å². The number of pyridine rings is 1. The number of H-pyrrole nitrogens is 1. The lowest BCUT2D eigenvalue weighted by Crippen LogP contribution is -2.37. The fourth-order valence-corrected chi connectivity index (χ4v) is 2.55. The molecule has 0 atom stereocenters. The Bertz CT molecular complexity index is 588. The van der Waals surface area contributed by atoms with Crippen molar-refractivity contribution in [1.29, 1.82) is 0 Å². The van der Waals surface area contributed by atoms with Crippen molar-refractivity contribution in [3.8, 4) is 5.88 Å². The minimum Gasteiger partial charge on any atom is -0.494 e. The normalized spacial score (nSPS) is 15.8. The summed E-state index contributed by atoms with van der Waals surface area (Å²) < 4.78 is 4.86. The van der Waals surface area contributed by atoms with E-state index in [4.69, 9.17) is 4.74 Å². The van der Waals surface area contributed by atoms with Crippen LogP contribution in [0, 0.1) is 0 Å². The maximum atomic E-state index is 11.8. The van der Waals surface area contributed by atoms with Crippen molar-refractivity contribution < 1.29 is 19.4 Å². The molecular weight excluding hydrogens is 288 g/mol. The molecule has 1 aromatic heterocycles. The van der Waals surface area contributed by atoms with Crippen LogP contribution in [0.3, 0.4) is 0 Å². The van der Waals surface area contributed by atoms with Gasteiger partial charge in [0.05, 0.1) is 5.56 Å². The van der Waals surface area contributed by atoms with Crippen LogP contribution in [0.1, 0.15) is 48.9 Å². The van der Waals surface area contributed by atoms with Crippen LogP contribution in [-0.4, -0.2) is 34.6 Å². The lowest BCUT2D eigenvalue weighted by atomic mass is 10.1. The number of aromatic hydroxyl groups is 1. The lowest BCUT2D eigenvalue weighted by molar-refractivity contribution is -0.125. The van der Waals surface area contributed by atoms with E-state index in [0.717, 1.165) is 37.8 Å². The van der Waals surface area contributed by atoms with Gasteiger partial charge in [-0.1, -0.05) is 25.7 Å². The predicted octanol–water partition coefficient (Wildman–Crippen LogP) is 1.08. The van der Waals surface area contributed by atoms with Crippen molar-refractivity contribution in [3.05, 3.63) is 28.0 Å². The molecular formula is C15H20N2O5. The third-order valence-electron chi connectivity index (χ3n) is 3.62. The Balaban J connectivity index is 1.82. The molecule has 0 radical (unpaired) electrons. The van der Waals surface area contributed by atoms with E-state index in [9.17, 15) is 19.5 Å². The molecule has 7 nitrogen and oxygen atoms in total. The largest absolute Gasteiger partial charge is 0.494 e. The number of ether oxygens (including phenoxy) is 1. The number of rotatable bonds is 4. The highest BCUT2D eigenvalue weighted by Crippen LogP contribution is 2.17. The molecule has 1 amide bonds. The average molecular weight is 308 g/mol. The van der Waals surface area contributed by atoms with Gasteiger partial charge in [0.25, 0.3) is 11.5 Å². The Labute approximate surface area is 127 Å². The fraction of sp³-hybridized carbons (Fsp3) is 0.533. The first-order valence-corrected chi connectivity index (χ1v) is 7.44. The van der Waals surface area contributed by atoms with Gasteiger partial charge in [0, 0.05) is 18.2 Å². The third kappa shape index (κ3) is 4.91. The van der Waals surface area contributed by atoms with Gasteiger partial charge in [0.15, 0.2) is 12.5 Å². The van der Waals surface area contributed by atoms with Crippen LogP contribution in [0.25, 0.3) is 0 Å². The lowest BCUT2D eigenvalue weighted by Gasteiger charge is -2.16. The van der Waals surface area contributed by atoms with E-state index in [1.807, 2.05) is 0 Å². The van der Waals surface area contributed by atoms with Crippen LogP contribution < -0.4 is 10.9 Å². The highest BCUT2D eigenvalue weighted by Gasteiger charge is 2.16. The summed E-state index contributed by atoms with van der Waals surface area (Å²) in [5.41, 5.74) is -0.710. The van der Waals surface area contributed by atoms with Gasteiger partial charge in [-0.2, -0.15) is 0 Å². The summed E-state index contributed by atoms with van der Waals surface area (Å²) in [6, 6.07) is 2.22. The van der Waals surface area contributed by atoms with E-state index in [1.165, 1.54) is 12.8 Å². The number of hydrogen-bond acceptors (Lipinski definition) is 5. The zero-order chi connectivity index (χ0) is 15.9. The van der Waals surface area contributed by atoms with Crippen LogP contribution in [-0.2, 0) is 9.53 Å².